The van der Waals surface area contributed by atoms with E-state index >= 15 is 0 Å². The Labute approximate surface area is 186 Å². The molecule has 0 unspecified atom stereocenters. The van der Waals surface area contributed by atoms with Gasteiger partial charge in [0.15, 0.2) is 0 Å². The Hall–Kier alpha value is -3.52. The number of hydrogen-bond acceptors (Lipinski definition) is 7. The predicted octanol–water partition coefficient (Wildman–Crippen LogP) is 2.68. The molecule has 2 aliphatic rings. The summed E-state index contributed by atoms with van der Waals surface area (Å²) in [6.45, 7) is 2.94. The van der Waals surface area contributed by atoms with Gasteiger partial charge < -0.3 is 20.6 Å². The molecule has 1 aliphatic heterocycles. The molecule has 0 radical (unpaired) electrons. The normalized spacial score (nSPS) is 15.7. The smallest absolute Gasteiger partial charge is 0.253 e. The second kappa shape index (κ2) is 7.56. The van der Waals surface area contributed by atoms with E-state index in [1.165, 1.54) is 10.5 Å². The summed E-state index contributed by atoms with van der Waals surface area (Å²) in [6, 6.07) is 9.52. The second-order valence-electron chi connectivity index (χ2n) is 8.75. The number of hydrogen-bond donors (Lipinski definition) is 2. The number of aliphatic hydroxyl groups is 1. The van der Waals surface area contributed by atoms with Gasteiger partial charge in [0.05, 0.1) is 12.3 Å². The van der Waals surface area contributed by atoms with Crippen LogP contribution in [0, 0.1) is 6.92 Å². The highest BCUT2D eigenvalue weighted by Gasteiger charge is 2.52. The van der Waals surface area contributed by atoms with Crippen LogP contribution in [0.15, 0.2) is 42.7 Å². The fraction of sp³-hybridized carbons (Fsp3) is 0.333. The number of benzene rings is 1. The SMILES string of the molecule is Cc1cc(N)cc(-c2cnc(N3CC4(CC4)c4ccc(C(=O)N(C)CCO)cc43)nc2)n1. The highest BCUT2D eigenvalue weighted by Crippen LogP contribution is 2.57. The van der Waals surface area contributed by atoms with Crippen LogP contribution >= 0.6 is 0 Å². The first-order chi connectivity index (χ1) is 15.4. The molecule has 3 aromatic rings. The van der Waals surface area contributed by atoms with E-state index in [-0.39, 0.29) is 17.9 Å². The van der Waals surface area contributed by atoms with Gasteiger partial charge in [-0.1, -0.05) is 6.07 Å². The molecular formula is C24H26N6O2. The van der Waals surface area contributed by atoms with Gasteiger partial charge in [0.2, 0.25) is 5.95 Å². The van der Waals surface area contributed by atoms with Gasteiger partial charge in [-0.05, 0) is 49.6 Å². The number of anilines is 3. The van der Waals surface area contributed by atoms with E-state index in [4.69, 9.17) is 10.8 Å². The summed E-state index contributed by atoms with van der Waals surface area (Å²) in [7, 11) is 1.69. The Morgan fingerprint density at radius 2 is 1.97 bits per heavy atom. The summed E-state index contributed by atoms with van der Waals surface area (Å²) in [4.78, 5) is 30.2. The lowest BCUT2D eigenvalue weighted by Crippen LogP contribution is -2.29. The van der Waals surface area contributed by atoms with Crippen LogP contribution in [-0.4, -0.2) is 57.6 Å². The van der Waals surface area contributed by atoms with Crippen LogP contribution in [0.1, 0.15) is 34.5 Å². The van der Waals surface area contributed by atoms with Crippen LogP contribution in [0.4, 0.5) is 17.3 Å². The van der Waals surface area contributed by atoms with Crippen molar-refractivity contribution in [1.29, 1.82) is 0 Å². The molecule has 1 saturated carbocycles. The summed E-state index contributed by atoms with van der Waals surface area (Å²) < 4.78 is 0. The van der Waals surface area contributed by atoms with Gasteiger partial charge in [-0.3, -0.25) is 9.78 Å². The lowest BCUT2D eigenvalue weighted by Gasteiger charge is -2.19. The van der Waals surface area contributed by atoms with Crippen molar-refractivity contribution in [1.82, 2.24) is 19.9 Å². The monoisotopic (exact) mass is 430 g/mol. The fourth-order valence-corrected chi connectivity index (χ4v) is 4.47. The van der Waals surface area contributed by atoms with Gasteiger partial charge in [-0.15, -0.1) is 0 Å². The second-order valence-corrected chi connectivity index (χ2v) is 8.75. The largest absolute Gasteiger partial charge is 0.399 e. The highest BCUT2D eigenvalue weighted by molar-refractivity contribution is 5.96. The van der Waals surface area contributed by atoms with Crippen LogP contribution in [0.2, 0.25) is 0 Å². The number of nitrogens with two attached hydrogens (primary N) is 1. The summed E-state index contributed by atoms with van der Waals surface area (Å²) in [5.41, 5.74) is 12.0. The van der Waals surface area contributed by atoms with Crippen LogP contribution in [0.3, 0.4) is 0 Å². The number of nitrogens with zero attached hydrogens (tertiary/aromatic N) is 5. The van der Waals surface area contributed by atoms with E-state index < -0.39 is 0 Å². The van der Waals surface area contributed by atoms with Crippen molar-refractivity contribution in [3.63, 3.8) is 0 Å². The van der Waals surface area contributed by atoms with Gasteiger partial charge in [0, 0.05) is 66.1 Å². The minimum Gasteiger partial charge on any atom is -0.399 e. The molecule has 3 N–H and O–H groups in total. The van der Waals surface area contributed by atoms with E-state index in [2.05, 4.69) is 25.9 Å². The average molecular weight is 431 g/mol. The Balaban J connectivity index is 1.48. The number of aliphatic hydroxyl groups excluding tert-OH is 1. The molecule has 0 saturated heterocycles. The van der Waals surface area contributed by atoms with Crippen molar-refractivity contribution in [2.45, 2.75) is 25.2 Å². The third-order valence-electron chi connectivity index (χ3n) is 6.35. The summed E-state index contributed by atoms with van der Waals surface area (Å²) in [6.07, 6.45) is 5.79. The zero-order valence-electron chi connectivity index (χ0n) is 18.2. The number of likely N-dealkylation sites (N-methyl/N-ethyl adjacent to an activating group) is 1. The molecule has 1 spiro atoms. The number of aryl methyl sites for hydroxylation is 1. The highest BCUT2D eigenvalue weighted by atomic mass is 16.3. The van der Waals surface area contributed by atoms with Gasteiger partial charge in [-0.2, -0.15) is 0 Å². The molecular weight excluding hydrogens is 404 g/mol. The van der Waals surface area contributed by atoms with E-state index in [1.54, 1.807) is 19.4 Å². The molecule has 8 heteroatoms. The number of nitrogen functional groups attached to an aromatic ring is 1. The van der Waals surface area contributed by atoms with Gasteiger partial charge in [0.1, 0.15) is 0 Å². The molecule has 1 aliphatic carbocycles. The van der Waals surface area contributed by atoms with Crippen molar-refractivity contribution in [3.8, 4) is 11.3 Å². The first-order valence-electron chi connectivity index (χ1n) is 10.8. The number of pyridine rings is 1. The van der Waals surface area contributed by atoms with Crippen LogP contribution in [-0.2, 0) is 5.41 Å². The minimum absolute atomic E-state index is 0.0654. The van der Waals surface area contributed by atoms with Crippen molar-refractivity contribution in [2.75, 3.05) is 37.4 Å². The molecule has 8 nitrogen and oxygen atoms in total. The van der Waals surface area contributed by atoms with E-state index in [1.807, 2.05) is 31.2 Å². The van der Waals surface area contributed by atoms with Gasteiger partial charge in [-0.25, -0.2) is 9.97 Å². The molecule has 1 aromatic carbocycles. The number of rotatable bonds is 5. The molecule has 2 aromatic heterocycles. The Morgan fingerprint density at radius 1 is 1.22 bits per heavy atom. The standard InChI is InChI=1S/C24H26N6O2/c1-15-9-18(25)11-20(28-15)17-12-26-23(27-13-17)30-14-24(5-6-24)19-4-3-16(10-21(19)30)22(32)29(2)7-8-31/h3-4,9-13,31H,5-8,14H2,1-2H3,(H2,25,28). The summed E-state index contributed by atoms with van der Waals surface area (Å²) >= 11 is 0. The molecule has 5 rings (SSSR count). The number of aromatic nitrogens is 3. The Bertz CT molecular complexity index is 1170. The van der Waals surface area contributed by atoms with Crippen LogP contribution in [0.5, 0.6) is 0 Å². The predicted molar refractivity (Wildman–Crippen MR) is 123 cm³/mol. The lowest BCUT2D eigenvalue weighted by atomic mass is 9.97. The number of carbonyl (C=O) groups is 1. The maximum Gasteiger partial charge on any atom is 0.253 e. The zero-order chi connectivity index (χ0) is 22.5. The Morgan fingerprint density at radius 3 is 2.62 bits per heavy atom. The average Bonchev–Trinajstić information content (AvgIpc) is 3.49. The molecule has 0 bridgehead atoms. The van der Waals surface area contributed by atoms with Crippen LogP contribution in [0.25, 0.3) is 11.3 Å². The van der Waals surface area contributed by atoms with Crippen molar-refractivity contribution < 1.29 is 9.90 Å². The maximum absolute atomic E-state index is 12.8. The quantitative estimate of drug-likeness (QED) is 0.641. The molecule has 1 amide bonds. The van der Waals surface area contributed by atoms with Crippen molar-refractivity contribution in [2.24, 2.45) is 0 Å². The first kappa shape index (κ1) is 20.4. The minimum atomic E-state index is -0.113. The van der Waals surface area contributed by atoms with E-state index in [0.717, 1.165) is 42.0 Å². The topological polar surface area (TPSA) is 108 Å². The third kappa shape index (κ3) is 3.46. The summed E-state index contributed by atoms with van der Waals surface area (Å²) in [5, 5.41) is 9.16. The van der Waals surface area contributed by atoms with Crippen molar-refractivity contribution >= 4 is 23.2 Å². The number of amides is 1. The van der Waals surface area contributed by atoms with E-state index in [0.29, 0.717) is 23.7 Å². The molecule has 32 heavy (non-hydrogen) atoms. The van der Waals surface area contributed by atoms with Gasteiger partial charge in [0.25, 0.3) is 5.91 Å². The lowest BCUT2D eigenvalue weighted by molar-refractivity contribution is 0.0767. The fourth-order valence-electron chi connectivity index (χ4n) is 4.47. The molecule has 0 atom stereocenters. The number of fused-ring (bicyclic) bond motifs is 2. The van der Waals surface area contributed by atoms with Crippen molar-refractivity contribution in [3.05, 3.63) is 59.5 Å². The number of carbonyl (C=O) groups excluding carboxylic acids is 1. The molecule has 164 valence electrons. The Kier molecular flexibility index (Phi) is 4.82. The summed E-state index contributed by atoms with van der Waals surface area (Å²) in [5.74, 6) is 0.491. The first-order valence-corrected chi connectivity index (χ1v) is 10.8. The van der Waals surface area contributed by atoms with E-state index in [9.17, 15) is 4.79 Å². The van der Waals surface area contributed by atoms with Crippen LogP contribution < -0.4 is 10.6 Å². The zero-order valence-corrected chi connectivity index (χ0v) is 18.2. The molecule has 1 fully saturated rings. The third-order valence-corrected chi connectivity index (χ3v) is 6.35. The maximum atomic E-state index is 12.8. The molecule has 3 heterocycles. The van der Waals surface area contributed by atoms with Gasteiger partial charge >= 0.3 is 0 Å².